The third-order valence-electron chi connectivity index (χ3n) is 2.72. The van der Waals surface area contributed by atoms with Crippen LogP contribution in [0.4, 0.5) is 5.82 Å². The van der Waals surface area contributed by atoms with Crippen molar-refractivity contribution in [1.29, 1.82) is 0 Å². The summed E-state index contributed by atoms with van der Waals surface area (Å²) in [5.41, 5.74) is 1.86. The van der Waals surface area contributed by atoms with Gasteiger partial charge in [0.15, 0.2) is 0 Å². The summed E-state index contributed by atoms with van der Waals surface area (Å²) >= 11 is 17.9. The third-order valence-corrected chi connectivity index (χ3v) is 3.47. The van der Waals surface area contributed by atoms with Crippen LogP contribution in [0.5, 0.6) is 0 Å². The molecule has 0 saturated heterocycles. The van der Waals surface area contributed by atoms with Crippen molar-refractivity contribution < 1.29 is 0 Å². The van der Waals surface area contributed by atoms with Gasteiger partial charge in [-0.2, -0.15) is 0 Å². The van der Waals surface area contributed by atoms with Gasteiger partial charge in [0.05, 0.1) is 6.04 Å². The first kappa shape index (κ1) is 14.4. The van der Waals surface area contributed by atoms with Crippen molar-refractivity contribution in [2.24, 2.45) is 0 Å². The Hall–Kier alpha value is -1.03. The molecule has 19 heavy (non-hydrogen) atoms. The second-order valence-corrected chi connectivity index (χ2v) is 5.38. The number of hydrogen-bond donors (Lipinski definition) is 1. The van der Waals surface area contributed by atoms with Crippen LogP contribution >= 0.6 is 34.8 Å². The summed E-state index contributed by atoms with van der Waals surface area (Å²) in [5, 5.41) is 4.70. The summed E-state index contributed by atoms with van der Waals surface area (Å²) in [6, 6.07) is 5.40. The van der Waals surface area contributed by atoms with E-state index in [1.807, 2.05) is 19.9 Å². The zero-order chi connectivity index (χ0) is 14.0. The van der Waals surface area contributed by atoms with E-state index in [0.717, 1.165) is 11.1 Å². The Morgan fingerprint density at radius 1 is 1.21 bits per heavy atom. The quantitative estimate of drug-likeness (QED) is 0.817. The van der Waals surface area contributed by atoms with Crippen LogP contribution in [0.1, 0.15) is 24.1 Å². The first-order valence-corrected chi connectivity index (χ1v) is 6.81. The van der Waals surface area contributed by atoms with Crippen molar-refractivity contribution in [3.05, 3.63) is 50.9 Å². The van der Waals surface area contributed by atoms with Crippen molar-refractivity contribution in [1.82, 2.24) is 9.97 Å². The maximum atomic E-state index is 6.18. The monoisotopic (exact) mass is 315 g/mol. The number of nitrogens with zero attached hydrogens (tertiary/aromatic N) is 2. The normalized spacial score (nSPS) is 12.3. The van der Waals surface area contributed by atoms with Gasteiger partial charge in [-0.15, -0.1) is 0 Å². The van der Waals surface area contributed by atoms with Crippen LogP contribution < -0.4 is 5.32 Å². The number of nitrogens with one attached hydrogen (secondary N) is 1. The Kier molecular flexibility index (Phi) is 4.50. The summed E-state index contributed by atoms with van der Waals surface area (Å²) in [5.74, 6) is 0.693. The molecule has 0 aliphatic carbocycles. The van der Waals surface area contributed by atoms with Crippen molar-refractivity contribution in [2.75, 3.05) is 5.32 Å². The van der Waals surface area contributed by atoms with Crippen LogP contribution in [-0.2, 0) is 0 Å². The molecule has 2 rings (SSSR count). The average Bonchev–Trinajstić information content (AvgIpc) is 2.33. The van der Waals surface area contributed by atoms with Crippen LogP contribution in [0.15, 0.2) is 24.4 Å². The second kappa shape index (κ2) is 5.95. The highest BCUT2D eigenvalue weighted by molar-refractivity contribution is 6.35. The first-order chi connectivity index (χ1) is 8.97. The van der Waals surface area contributed by atoms with Crippen LogP contribution in [0.25, 0.3) is 0 Å². The lowest BCUT2D eigenvalue weighted by Gasteiger charge is -2.17. The Morgan fingerprint density at radius 2 is 1.95 bits per heavy atom. The van der Waals surface area contributed by atoms with E-state index < -0.39 is 0 Å². The topological polar surface area (TPSA) is 37.8 Å². The first-order valence-electron chi connectivity index (χ1n) is 5.68. The van der Waals surface area contributed by atoms with Gasteiger partial charge in [0.1, 0.15) is 5.82 Å². The van der Waals surface area contributed by atoms with Gasteiger partial charge in [-0.25, -0.2) is 9.97 Å². The molecule has 1 aromatic carbocycles. The van der Waals surface area contributed by atoms with Crippen LogP contribution in [0.3, 0.4) is 0 Å². The fourth-order valence-electron chi connectivity index (χ4n) is 1.70. The molecule has 0 aliphatic heterocycles. The van der Waals surface area contributed by atoms with E-state index in [2.05, 4.69) is 15.3 Å². The summed E-state index contributed by atoms with van der Waals surface area (Å²) in [6.07, 6.45) is 1.67. The molecule has 0 fully saturated rings. The summed E-state index contributed by atoms with van der Waals surface area (Å²) in [7, 11) is 0. The smallest absolute Gasteiger partial charge is 0.224 e. The highest BCUT2D eigenvalue weighted by Crippen LogP contribution is 2.28. The van der Waals surface area contributed by atoms with E-state index >= 15 is 0 Å². The minimum Gasteiger partial charge on any atom is -0.363 e. The maximum absolute atomic E-state index is 6.18. The van der Waals surface area contributed by atoms with Gasteiger partial charge in [0.25, 0.3) is 0 Å². The molecular weight excluding hydrogens is 305 g/mol. The van der Waals surface area contributed by atoms with E-state index in [1.165, 1.54) is 0 Å². The predicted molar refractivity (Wildman–Crippen MR) is 80.3 cm³/mol. The van der Waals surface area contributed by atoms with Gasteiger partial charge in [-0.05, 0) is 43.1 Å². The molecule has 3 nitrogen and oxygen atoms in total. The van der Waals surface area contributed by atoms with E-state index in [4.69, 9.17) is 34.8 Å². The number of anilines is 1. The number of aromatic nitrogens is 2. The molecule has 6 heteroatoms. The molecular formula is C13H12Cl3N3. The molecule has 2 aromatic rings. The second-order valence-electron chi connectivity index (χ2n) is 4.20. The molecule has 0 radical (unpaired) electrons. The molecule has 0 bridgehead atoms. The lowest BCUT2D eigenvalue weighted by molar-refractivity contribution is 0.868. The lowest BCUT2D eigenvalue weighted by Crippen LogP contribution is -2.10. The average molecular weight is 317 g/mol. The Labute approximate surface area is 126 Å². The third kappa shape index (κ3) is 3.50. The lowest BCUT2D eigenvalue weighted by atomic mass is 10.1. The summed E-state index contributed by atoms with van der Waals surface area (Å²) in [6.45, 7) is 3.90. The molecule has 0 amide bonds. The molecule has 1 N–H and O–H groups in total. The number of aryl methyl sites for hydroxylation is 1. The fraction of sp³-hybridized carbons (Fsp3) is 0.231. The zero-order valence-corrected chi connectivity index (χ0v) is 12.7. The van der Waals surface area contributed by atoms with Crippen LogP contribution in [0.2, 0.25) is 15.3 Å². The molecule has 1 atom stereocenters. The molecule has 0 spiro atoms. The van der Waals surface area contributed by atoms with Crippen molar-refractivity contribution >= 4 is 40.6 Å². The van der Waals surface area contributed by atoms with E-state index in [0.29, 0.717) is 15.9 Å². The van der Waals surface area contributed by atoms with Gasteiger partial charge in [-0.3, -0.25) is 0 Å². The highest BCUT2D eigenvalue weighted by Gasteiger charge is 2.12. The number of halogens is 3. The number of rotatable bonds is 3. The molecule has 0 aliphatic rings. The van der Waals surface area contributed by atoms with E-state index in [9.17, 15) is 0 Å². The van der Waals surface area contributed by atoms with Gasteiger partial charge < -0.3 is 5.32 Å². The van der Waals surface area contributed by atoms with E-state index in [-0.39, 0.29) is 11.3 Å². The van der Waals surface area contributed by atoms with E-state index in [1.54, 1.807) is 18.3 Å². The van der Waals surface area contributed by atoms with Gasteiger partial charge in [-0.1, -0.05) is 29.3 Å². The van der Waals surface area contributed by atoms with Crippen LogP contribution in [0, 0.1) is 6.92 Å². The standard InChI is InChI=1S/C13H12Cl3N3/c1-7-6-17-13(16)19-12(7)18-8(2)10-4-3-9(14)5-11(10)15/h3-6,8H,1-2H3,(H,17,18,19). The molecule has 100 valence electrons. The van der Waals surface area contributed by atoms with Gasteiger partial charge in [0.2, 0.25) is 5.28 Å². The van der Waals surface area contributed by atoms with Crippen molar-refractivity contribution in [3.8, 4) is 0 Å². The Balaban J connectivity index is 2.25. The highest BCUT2D eigenvalue weighted by atomic mass is 35.5. The van der Waals surface area contributed by atoms with Crippen molar-refractivity contribution in [2.45, 2.75) is 19.9 Å². The summed E-state index contributed by atoms with van der Waals surface area (Å²) < 4.78 is 0. The molecule has 0 saturated carbocycles. The maximum Gasteiger partial charge on any atom is 0.224 e. The Bertz CT molecular complexity index is 602. The molecule has 1 unspecified atom stereocenters. The van der Waals surface area contributed by atoms with Crippen LogP contribution in [-0.4, -0.2) is 9.97 Å². The van der Waals surface area contributed by atoms with Gasteiger partial charge >= 0.3 is 0 Å². The predicted octanol–water partition coefficient (Wildman–Crippen LogP) is 4.92. The van der Waals surface area contributed by atoms with Gasteiger partial charge in [0, 0.05) is 21.8 Å². The van der Waals surface area contributed by atoms with Crippen molar-refractivity contribution in [3.63, 3.8) is 0 Å². The zero-order valence-electron chi connectivity index (χ0n) is 10.4. The molecule has 1 heterocycles. The number of benzene rings is 1. The number of hydrogen-bond acceptors (Lipinski definition) is 3. The molecule has 1 aromatic heterocycles. The fourth-order valence-corrected chi connectivity index (χ4v) is 2.41. The minimum absolute atomic E-state index is 0.0190. The SMILES string of the molecule is Cc1cnc(Cl)nc1NC(C)c1ccc(Cl)cc1Cl. The summed E-state index contributed by atoms with van der Waals surface area (Å²) in [4.78, 5) is 8.08. The largest absolute Gasteiger partial charge is 0.363 e. The Morgan fingerprint density at radius 3 is 2.63 bits per heavy atom. The minimum atomic E-state index is -0.0190.